The number of para-hydroxylation sites is 1. The number of halogens is 1. The van der Waals surface area contributed by atoms with Crippen molar-refractivity contribution < 1.29 is 9.72 Å². The van der Waals surface area contributed by atoms with E-state index >= 15 is 0 Å². The molecule has 8 heteroatoms. The van der Waals surface area contributed by atoms with E-state index in [-0.39, 0.29) is 35.3 Å². The molecule has 0 radical (unpaired) electrons. The summed E-state index contributed by atoms with van der Waals surface area (Å²) < 4.78 is 0. The minimum atomic E-state index is -0.563. The summed E-state index contributed by atoms with van der Waals surface area (Å²) in [7, 11) is 1.89. The van der Waals surface area contributed by atoms with E-state index in [0.717, 1.165) is 19.4 Å². The highest BCUT2D eigenvalue weighted by atomic mass is 35.5. The van der Waals surface area contributed by atoms with Gasteiger partial charge >= 0.3 is 0 Å². The number of rotatable bonds is 4. The largest absolute Gasteiger partial charge is 0.393 e. The standard InChI is InChI=1S/C14H20N4O3.ClH/c1-16-8-10-4-3-7-17(9-10)14(19)11-5-2-6-12(13(11)15)18(20)21;/h2,5-6,10,16H,3-4,7-9,15H2,1H3;1H. The van der Waals surface area contributed by atoms with Gasteiger partial charge in [-0.2, -0.15) is 0 Å². The van der Waals surface area contributed by atoms with Gasteiger partial charge in [0, 0.05) is 19.2 Å². The molecule has 7 nitrogen and oxygen atoms in total. The van der Waals surface area contributed by atoms with Gasteiger partial charge in [0.25, 0.3) is 11.6 Å². The molecule has 0 spiro atoms. The fourth-order valence-corrected chi connectivity index (χ4v) is 2.77. The van der Waals surface area contributed by atoms with Crippen molar-refractivity contribution in [2.75, 3.05) is 32.4 Å². The number of nitrogen functional groups attached to an aromatic ring is 1. The van der Waals surface area contributed by atoms with Crippen molar-refractivity contribution in [3.63, 3.8) is 0 Å². The normalized spacial score (nSPS) is 17.7. The molecule has 1 aromatic carbocycles. The maximum absolute atomic E-state index is 12.5. The number of carbonyl (C=O) groups excluding carboxylic acids is 1. The monoisotopic (exact) mass is 328 g/mol. The highest BCUT2D eigenvalue weighted by molar-refractivity contribution is 6.01. The molecule has 1 heterocycles. The number of nitrogens with two attached hydrogens (primary N) is 1. The lowest BCUT2D eigenvalue weighted by Gasteiger charge is -2.33. The van der Waals surface area contributed by atoms with Crippen molar-refractivity contribution in [1.29, 1.82) is 0 Å². The van der Waals surface area contributed by atoms with Crippen molar-refractivity contribution in [2.45, 2.75) is 12.8 Å². The maximum atomic E-state index is 12.5. The molecular weight excluding hydrogens is 308 g/mol. The van der Waals surface area contributed by atoms with Crippen molar-refractivity contribution in [2.24, 2.45) is 5.92 Å². The molecular formula is C14H21ClN4O3. The Morgan fingerprint density at radius 2 is 2.27 bits per heavy atom. The van der Waals surface area contributed by atoms with E-state index in [2.05, 4.69) is 5.32 Å². The van der Waals surface area contributed by atoms with Gasteiger partial charge in [-0.05, 0) is 38.4 Å². The molecule has 0 saturated carbocycles. The number of anilines is 1. The Kier molecular flexibility index (Phi) is 6.58. The molecule has 0 aromatic heterocycles. The molecule has 1 amide bonds. The number of likely N-dealkylation sites (tertiary alicyclic amines) is 1. The lowest BCUT2D eigenvalue weighted by molar-refractivity contribution is -0.383. The van der Waals surface area contributed by atoms with Crippen LogP contribution in [0.2, 0.25) is 0 Å². The molecule has 3 N–H and O–H groups in total. The van der Waals surface area contributed by atoms with Crippen LogP contribution in [-0.4, -0.2) is 42.4 Å². The van der Waals surface area contributed by atoms with Crippen LogP contribution in [0.5, 0.6) is 0 Å². The number of nitrogens with one attached hydrogen (secondary N) is 1. The van der Waals surface area contributed by atoms with Crippen LogP contribution in [0.4, 0.5) is 11.4 Å². The molecule has 2 rings (SSSR count). The highest BCUT2D eigenvalue weighted by Crippen LogP contribution is 2.27. The van der Waals surface area contributed by atoms with Crippen LogP contribution in [0.1, 0.15) is 23.2 Å². The predicted molar refractivity (Wildman–Crippen MR) is 87.3 cm³/mol. The van der Waals surface area contributed by atoms with Crippen molar-refractivity contribution in [3.8, 4) is 0 Å². The zero-order valence-electron chi connectivity index (χ0n) is 12.4. The van der Waals surface area contributed by atoms with E-state index in [9.17, 15) is 14.9 Å². The van der Waals surface area contributed by atoms with Crippen LogP contribution in [0.25, 0.3) is 0 Å². The number of benzene rings is 1. The first-order chi connectivity index (χ1) is 10.0. The smallest absolute Gasteiger partial charge is 0.292 e. The molecule has 1 aliphatic rings. The Morgan fingerprint density at radius 3 is 2.91 bits per heavy atom. The Morgan fingerprint density at radius 1 is 1.55 bits per heavy atom. The quantitative estimate of drug-likeness (QED) is 0.497. The van der Waals surface area contributed by atoms with Gasteiger partial charge in [0.2, 0.25) is 0 Å². The summed E-state index contributed by atoms with van der Waals surface area (Å²) in [5, 5.41) is 14.0. The number of piperidine rings is 1. The lowest BCUT2D eigenvalue weighted by atomic mass is 9.97. The third-order valence-electron chi connectivity index (χ3n) is 3.81. The van der Waals surface area contributed by atoms with E-state index in [1.165, 1.54) is 12.1 Å². The summed E-state index contributed by atoms with van der Waals surface area (Å²) in [5.74, 6) is 0.185. The number of nitro groups is 1. The molecule has 22 heavy (non-hydrogen) atoms. The van der Waals surface area contributed by atoms with Gasteiger partial charge in [-0.25, -0.2) is 0 Å². The fourth-order valence-electron chi connectivity index (χ4n) is 2.77. The molecule has 0 bridgehead atoms. The number of hydrogen-bond acceptors (Lipinski definition) is 5. The minimum absolute atomic E-state index is 0. The average Bonchev–Trinajstić information content (AvgIpc) is 2.47. The van der Waals surface area contributed by atoms with Crippen LogP contribution in [-0.2, 0) is 0 Å². The van der Waals surface area contributed by atoms with Gasteiger partial charge in [-0.1, -0.05) is 6.07 Å². The predicted octanol–water partition coefficient (Wildman–Crippen LogP) is 1.67. The van der Waals surface area contributed by atoms with Gasteiger partial charge in [-0.3, -0.25) is 14.9 Å². The second-order valence-corrected chi connectivity index (χ2v) is 5.31. The van der Waals surface area contributed by atoms with Gasteiger partial charge in [-0.15, -0.1) is 12.4 Å². The van der Waals surface area contributed by atoms with E-state index in [4.69, 9.17) is 5.73 Å². The number of nitro benzene ring substituents is 1. The van der Waals surface area contributed by atoms with Gasteiger partial charge in [0.05, 0.1) is 10.5 Å². The molecule has 122 valence electrons. The molecule has 0 aliphatic carbocycles. The molecule has 1 aliphatic heterocycles. The first-order valence-corrected chi connectivity index (χ1v) is 7.01. The summed E-state index contributed by atoms with van der Waals surface area (Å²) in [4.78, 5) is 24.6. The molecule has 1 aromatic rings. The van der Waals surface area contributed by atoms with Crippen molar-refractivity contribution >= 4 is 29.7 Å². The van der Waals surface area contributed by atoms with Crippen LogP contribution in [0.15, 0.2) is 18.2 Å². The maximum Gasteiger partial charge on any atom is 0.292 e. The first kappa shape index (κ1) is 18.2. The Balaban J connectivity index is 0.00000242. The van der Waals surface area contributed by atoms with Crippen LogP contribution < -0.4 is 11.1 Å². The van der Waals surface area contributed by atoms with E-state index in [0.29, 0.717) is 19.0 Å². The minimum Gasteiger partial charge on any atom is -0.393 e. The van der Waals surface area contributed by atoms with Crippen LogP contribution >= 0.6 is 12.4 Å². The Bertz CT molecular complexity index is 551. The summed E-state index contributed by atoms with van der Waals surface area (Å²) in [5.41, 5.74) is 5.73. The van der Waals surface area contributed by atoms with Gasteiger partial charge in [0.15, 0.2) is 0 Å². The second-order valence-electron chi connectivity index (χ2n) is 5.31. The zero-order chi connectivity index (χ0) is 15.4. The van der Waals surface area contributed by atoms with Gasteiger partial charge in [0.1, 0.15) is 5.69 Å². The van der Waals surface area contributed by atoms with E-state index < -0.39 is 4.92 Å². The summed E-state index contributed by atoms with van der Waals surface area (Å²) in [6.45, 7) is 2.18. The third-order valence-corrected chi connectivity index (χ3v) is 3.81. The van der Waals surface area contributed by atoms with Crippen LogP contribution in [0.3, 0.4) is 0 Å². The summed E-state index contributed by atoms with van der Waals surface area (Å²) in [6, 6.07) is 4.36. The molecule has 1 atom stereocenters. The number of hydrogen-bond donors (Lipinski definition) is 2. The zero-order valence-corrected chi connectivity index (χ0v) is 13.3. The summed E-state index contributed by atoms with van der Waals surface area (Å²) in [6.07, 6.45) is 2.02. The number of carbonyl (C=O) groups is 1. The van der Waals surface area contributed by atoms with E-state index in [1.807, 2.05) is 7.05 Å². The molecule has 1 saturated heterocycles. The third kappa shape index (κ3) is 3.86. The highest BCUT2D eigenvalue weighted by Gasteiger charge is 2.27. The van der Waals surface area contributed by atoms with Crippen molar-refractivity contribution in [1.82, 2.24) is 10.2 Å². The summed E-state index contributed by atoms with van der Waals surface area (Å²) >= 11 is 0. The Labute approximate surface area is 135 Å². The second kappa shape index (κ2) is 7.95. The SMILES string of the molecule is CNCC1CCCN(C(=O)c2cccc([N+](=O)[O-])c2N)C1.Cl. The molecule has 1 fully saturated rings. The number of amides is 1. The fraction of sp³-hybridized carbons (Fsp3) is 0.500. The Hall–Kier alpha value is -1.86. The van der Waals surface area contributed by atoms with Crippen LogP contribution in [0, 0.1) is 16.0 Å². The van der Waals surface area contributed by atoms with Crippen molar-refractivity contribution in [3.05, 3.63) is 33.9 Å². The van der Waals surface area contributed by atoms with Gasteiger partial charge < -0.3 is 16.0 Å². The number of nitrogens with zero attached hydrogens (tertiary/aromatic N) is 2. The van der Waals surface area contributed by atoms with E-state index in [1.54, 1.807) is 11.0 Å². The first-order valence-electron chi connectivity index (χ1n) is 7.01. The average molecular weight is 329 g/mol. The lowest BCUT2D eigenvalue weighted by Crippen LogP contribution is -2.42. The molecule has 1 unspecified atom stereocenters. The topological polar surface area (TPSA) is 102 Å².